The molecule has 0 bridgehead atoms. The van der Waals surface area contributed by atoms with Crippen molar-refractivity contribution in [3.8, 4) is 0 Å². The minimum absolute atomic E-state index is 0.385. The molecular weight excluding hydrogens is 306 g/mol. The normalized spacial score (nSPS) is 12.4. The second-order valence-corrected chi connectivity index (χ2v) is 5.33. The zero-order valence-electron chi connectivity index (χ0n) is 13.3. The molecule has 0 aliphatic heterocycles. The molecular formula is C18H23N3O3. The van der Waals surface area contributed by atoms with Crippen LogP contribution in [0.25, 0.3) is 0 Å². The minimum Gasteiger partial charge on any atom is -0.480 e. The van der Waals surface area contributed by atoms with Gasteiger partial charge in [-0.05, 0) is 24.0 Å². The first-order chi connectivity index (χ1) is 11.4. The molecule has 0 aliphatic rings. The maximum Gasteiger partial charge on any atom is 0.320 e. The molecule has 6 nitrogen and oxygen atoms in total. The van der Waals surface area contributed by atoms with Gasteiger partial charge in [-0.3, -0.25) is 9.59 Å². The van der Waals surface area contributed by atoms with Crippen LogP contribution >= 0.6 is 0 Å². The van der Waals surface area contributed by atoms with Gasteiger partial charge in [0.15, 0.2) is 0 Å². The molecule has 6 heteroatoms. The summed E-state index contributed by atoms with van der Waals surface area (Å²) in [5.74, 6) is -1.42. The van der Waals surface area contributed by atoms with E-state index in [2.05, 4.69) is 0 Å². The predicted molar refractivity (Wildman–Crippen MR) is 93.1 cm³/mol. The number of hydrogen-bond acceptors (Lipinski definition) is 4. The molecule has 0 heterocycles. The highest BCUT2D eigenvalue weighted by Crippen LogP contribution is 2.02. The number of rotatable bonds is 6. The summed E-state index contributed by atoms with van der Waals surface area (Å²) in [4.78, 5) is 21.0. The van der Waals surface area contributed by atoms with E-state index in [-0.39, 0.29) is 0 Å². The molecule has 2 aromatic carbocycles. The van der Waals surface area contributed by atoms with Crippen molar-refractivity contribution in [1.82, 2.24) is 0 Å². The number of hydrogen-bond donors (Lipinski definition) is 4. The lowest BCUT2D eigenvalue weighted by Gasteiger charge is -2.06. The number of carbonyl (C=O) groups excluding carboxylic acids is 1. The number of carbonyl (C=O) groups is 2. The number of nitrogens with two attached hydrogens (primary N) is 3. The zero-order chi connectivity index (χ0) is 17.9. The van der Waals surface area contributed by atoms with Crippen molar-refractivity contribution < 1.29 is 14.7 Å². The van der Waals surface area contributed by atoms with E-state index >= 15 is 0 Å². The molecule has 2 rings (SSSR count). The Morgan fingerprint density at radius 3 is 1.50 bits per heavy atom. The third-order valence-corrected chi connectivity index (χ3v) is 3.28. The molecule has 0 aliphatic carbocycles. The second kappa shape index (κ2) is 10.1. The van der Waals surface area contributed by atoms with Gasteiger partial charge in [-0.2, -0.15) is 0 Å². The van der Waals surface area contributed by atoms with E-state index in [4.69, 9.17) is 22.3 Å². The summed E-state index contributed by atoms with van der Waals surface area (Å²) >= 11 is 0. The van der Waals surface area contributed by atoms with E-state index in [9.17, 15) is 9.59 Å². The summed E-state index contributed by atoms with van der Waals surface area (Å²) in [6, 6.07) is 17.5. The number of primary amides is 1. The Morgan fingerprint density at radius 1 is 0.792 bits per heavy atom. The second-order valence-electron chi connectivity index (χ2n) is 5.33. The molecule has 7 N–H and O–H groups in total. The lowest BCUT2D eigenvalue weighted by Crippen LogP contribution is -2.38. The van der Waals surface area contributed by atoms with E-state index in [1.54, 1.807) is 0 Å². The van der Waals surface area contributed by atoms with Crippen LogP contribution in [0.1, 0.15) is 11.1 Å². The average molecular weight is 329 g/mol. The predicted octanol–water partition coefficient (Wildman–Crippen LogP) is 0.683. The molecule has 0 fully saturated rings. The van der Waals surface area contributed by atoms with Gasteiger partial charge in [0.2, 0.25) is 5.91 Å². The third kappa shape index (κ3) is 7.53. The van der Waals surface area contributed by atoms with Crippen molar-refractivity contribution in [3.63, 3.8) is 0 Å². The topological polar surface area (TPSA) is 132 Å². The maximum absolute atomic E-state index is 10.6. The number of amides is 1. The molecule has 0 spiro atoms. The molecule has 0 aromatic heterocycles. The Morgan fingerprint density at radius 2 is 1.17 bits per heavy atom. The quantitative estimate of drug-likeness (QED) is 0.618. The van der Waals surface area contributed by atoms with Crippen LogP contribution in [-0.4, -0.2) is 29.1 Å². The largest absolute Gasteiger partial charge is 0.480 e. The fourth-order valence-corrected chi connectivity index (χ4v) is 1.92. The summed E-state index contributed by atoms with van der Waals surface area (Å²) in [6.45, 7) is 0. The molecule has 128 valence electrons. The highest BCUT2D eigenvalue weighted by atomic mass is 16.4. The van der Waals surface area contributed by atoms with Gasteiger partial charge in [0.1, 0.15) is 6.04 Å². The minimum atomic E-state index is -0.959. The molecule has 24 heavy (non-hydrogen) atoms. The standard InChI is InChI=1S/C9H12N2O.C9H11NO2/c2*10-8(9(11)12)6-7-4-2-1-3-5-7/h1-5,8H,6,10H2,(H2,11,12);1-5,8H,6,10H2,(H,11,12)/t2*8-/m00/s1. The summed E-state index contributed by atoms with van der Waals surface area (Å²) in [7, 11) is 0. The highest BCUT2D eigenvalue weighted by Gasteiger charge is 2.11. The molecule has 2 aromatic rings. The van der Waals surface area contributed by atoms with E-state index in [0.717, 1.165) is 11.1 Å². The van der Waals surface area contributed by atoms with Crippen molar-refractivity contribution in [2.24, 2.45) is 17.2 Å². The Bertz CT molecular complexity index is 575. The fourth-order valence-electron chi connectivity index (χ4n) is 1.92. The van der Waals surface area contributed by atoms with Crippen LogP contribution in [0.4, 0.5) is 0 Å². The van der Waals surface area contributed by atoms with Gasteiger partial charge in [0, 0.05) is 0 Å². The lowest BCUT2D eigenvalue weighted by atomic mass is 10.1. The summed E-state index contributed by atoms with van der Waals surface area (Å²) in [6.07, 6.45) is 0.895. The van der Waals surface area contributed by atoms with Gasteiger partial charge in [-0.25, -0.2) is 0 Å². The fraction of sp³-hybridized carbons (Fsp3) is 0.222. The van der Waals surface area contributed by atoms with Crippen LogP contribution in [0.2, 0.25) is 0 Å². The monoisotopic (exact) mass is 329 g/mol. The van der Waals surface area contributed by atoms with Crippen molar-refractivity contribution >= 4 is 11.9 Å². The van der Waals surface area contributed by atoms with Crippen LogP contribution in [0.3, 0.4) is 0 Å². The Hall–Kier alpha value is -2.70. The van der Waals surface area contributed by atoms with Crippen molar-refractivity contribution in [2.75, 3.05) is 0 Å². The molecule has 0 unspecified atom stereocenters. The number of benzene rings is 2. The van der Waals surface area contributed by atoms with Crippen LogP contribution in [0, 0.1) is 0 Å². The Labute approximate surface area is 141 Å². The number of carboxylic acid groups (broad SMARTS) is 1. The van der Waals surface area contributed by atoms with Gasteiger partial charge < -0.3 is 22.3 Å². The maximum atomic E-state index is 10.6. The molecule has 0 saturated heterocycles. The lowest BCUT2D eigenvalue weighted by molar-refractivity contribution is -0.138. The van der Waals surface area contributed by atoms with Crippen molar-refractivity contribution in [2.45, 2.75) is 24.9 Å². The first-order valence-corrected chi connectivity index (χ1v) is 7.51. The van der Waals surface area contributed by atoms with E-state index < -0.39 is 24.0 Å². The number of carboxylic acids is 1. The van der Waals surface area contributed by atoms with Crippen LogP contribution in [0.15, 0.2) is 60.7 Å². The van der Waals surface area contributed by atoms with E-state index in [1.165, 1.54) is 0 Å². The van der Waals surface area contributed by atoms with Crippen LogP contribution in [-0.2, 0) is 22.4 Å². The van der Waals surface area contributed by atoms with E-state index in [0.29, 0.717) is 12.8 Å². The van der Waals surface area contributed by atoms with Crippen molar-refractivity contribution in [1.29, 1.82) is 0 Å². The summed E-state index contributed by atoms with van der Waals surface area (Å²) < 4.78 is 0. The first kappa shape index (κ1) is 19.3. The van der Waals surface area contributed by atoms with Gasteiger partial charge in [-0.1, -0.05) is 60.7 Å². The molecule has 1 amide bonds. The van der Waals surface area contributed by atoms with Crippen molar-refractivity contribution in [3.05, 3.63) is 71.8 Å². The van der Waals surface area contributed by atoms with Crippen LogP contribution in [0.5, 0.6) is 0 Å². The first-order valence-electron chi connectivity index (χ1n) is 7.51. The molecule has 0 radical (unpaired) electrons. The summed E-state index contributed by atoms with van der Waals surface area (Å²) in [5.41, 5.74) is 17.8. The van der Waals surface area contributed by atoms with Gasteiger partial charge in [-0.15, -0.1) is 0 Å². The Balaban J connectivity index is 0.000000240. The smallest absolute Gasteiger partial charge is 0.320 e. The zero-order valence-corrected chi connectivity index (χ0v) is 13.3. The van der Waals surface area contributed by atoms with Gasteiger partial charge in [0.05, 0.1) is 6.04 Å². The molecule has 0 saturated carbocycles. The average Bonchev–Trinajstić information content (AvgIpc) is 2.57. The SMILES string of the molecule is NC(=O)[C@@H](N)Cc1ccccc1.N[C@@H](Cc1ccccc1)C(=O)O. The third-order valence-electron chi connectivity index (χ3n) is 3.28. The Kier molecular flexibility index (Phi) is 8.18. The number of aliphatic carboxylic acids is 1. The van der Waals surface area contributed by atoms with Gasteiger partial charge in [0.25, 0.3) is 0 Å². The highest BCUT2D eigenvalue weighted by molar-refractivity contribution is 5.79. The summed E-state index contributed by atoms with van der Waals surface area (Å²) in [5, 5.41) is 8.52. The molecule has 2 atom stereocenters. The van der Waals surface area contributed by atoms with E-state index in [1.807, 2.05) is 60.7 Å². The van der Waals surface area contributed by atoms with Gasteiger partial charge >= 0.3 is 5.97 Å². The van der Waals surface area contributed by atoms with Crippen LogP contribution < -0.4 is 17.2 Å².